The van der Waals surface area contributed by atoms with Crippen LogP contribution >= 0.6 is 11.9 Å². The third-order valence-electron chi connectivity index (χ3n) is 3.67. The fourth-order valence-corrected chi connectivity index (χ4v) is 2.41. The van der Waals surface area contributed by atoms with Gasteiger partial charge in [-0.1, -0.05) is 50.2 Å². The third kappa shape index (κ3) is 11.0. The predicted octanol–water partition coefficient (Wildman–Crippen LogP) is 4.33. The van der Waals surface area contributed by atoms with Crippen LogP contribution in [0.25, 0.3) is 6.08 Å². The molecule has 0 radical (unpaired) electrons. The monoisotopic (exact) mass is 387 g/mol. The predicted molar refractivity (Wildman–Crippen MR) is 125 cm³/mol. The van der Waals surface area contributed by atoms with Gasteiger partial charge in [-0.25, -0.2) is 0 Å². The summed E-state index contributed by atoms with van der Waals surface area (Å²) in [5.41, 5.74) is 14.7. The van der Waals surface area contributed by atoms with Crippen LogP contribution in [0.3, 0.4) is 0 Å². The third-order valence-corrected chi connectivity index (χ3v) is 4.26. The van der Waals surface area contributed by atoms with E-state index in [4.69, 9.17) is 16.6 Å². The van der Waals surface area contributed by atoms with Crippen LogP contribution in [0.15, 0.2) is 66.6 Å². The van der Waals surface area contributed by atoms with E-state index in [1.807, 2.05) is 62.6 Å². The van der Waals surface area contributed by atoms with E-state index in [1.54, 1.807) is 6.08 Å². The summed E-state index contributed by atoms with van der Waals surface area (Å²) < 4.78 is 0. The summed E-state index contributed by atoms with van der Waals surface area (Å²) in [7, 11) is 3.79. The molecule has 0 aromatic heterocycles. The van der Waals surface area contributed by atoms with Crippen LogP contribution in [0.4, 0.5) is 17.1 Å². The van der Waals surface area contributed by atoms with E-state index in [2.05, 4.69) is 30.7 Å². The first kappa shape index (κ1) is 24.6. The molecule has 0 heterocycles. The molecule has 0 bridgehead atoms. The second-order valence-corrected chi connectivity index (χ2v) is 6.34. The van der Waals surface area contributed by atoms with Gasteiger partial charge >= 0.3 is 0 Å². The topological polar surface area (TPSA) is 102 Å². The molecule has 0 spiro atoms. The molecule has 5 nitrogen and oxygen atoms in total. The molecule has 0 amide bonds. The second kappa shape index (κ2) is 14.7. The lowest BCUT2D eigenvalue weighted by Gasteiger charge is -2.13. The largest absolute Gasteiger partial charge is 0.399 e. The Morgan fingerprint density at radius 3 is 1.81 bits per heavy atom. The highest BCUT2D eigenvalue weighted by Crippen LogP contribution is 2.12. The highest BCUT2D eigenvalue weighted by Gasteiger charge is 2.04. The van der Waals surface area contributed by atoms with E-state index in [0.717, 1.165) is 34.0 Å². The smallest absolute Gasteiger partial charge is 0.0381 e. The maximum Gasteiger partial charge on any atom is 0.0381 e. The molecule has 1 atom stereocenters. The van der Waals surface area contributed by atoms with Crippen LogP contribution in [0.5, 0.6) is 0 Å². The summed E-state index contributed by atoms with van der Waals surface area (Å²) >= 11 is 1.23. The minimum atomic E-state index is 0.361. The summed E-state index contributed by atoms with van der Waals surface area (Å²) in [5.74, 6) is 0. The van der Waals surface area contributed by atoms with Crippen molar-refractivity contribution >= 4 is 35.1 Å². The van der Waals surface area contributed by atoms with E-state index in [1.165, 1.54) is 11.9 Å². The summed E-state index contributed by atoms with van der Waals surface area (Å²) in [6.45, 7) is 9.51. The van der Waals surface area contributed by atoms with Crippen molar-refractivity contribution in [1.29, 1.82) is 0 Å². The van der Waals surface area contributed by atoms with Crippen LogP contribution in [0.2, 0.25) is 0 Å². The Hall–Kier alpha value is -2.41. The van der Waals surface area contributed by atoms with Crippen LogP contribution in [-0.4, -0.2) is 20.1 Å². The van der Waals surface area contributed by atoms with E-state index in [0.29, 0.717) is 6.04 Å². The number of hydrogen-bond acceptors (Lipinski definition) is 6. The molecule has 0 saturated carbocycles. The minimum Gasteiger partial charge on any atom is -0.399 e. The second-order valence-electron chi connectivity index (χ2n) is 5.58. The fraction of sp³-hybridized carbons (Fsp3) is 0.238. The van der Waals surface area contributed by atoms with Gasteiger partial charge in [0, 0.05) is 35.1 Å². The number of nitrogens with two attached hydrogens (primary N) is 3. The van der Waals surface area contributed by atoms with Crippen molar-refractivity contribution < 1.29 is 0 Å². The average molecular weight is 388 g/mol. The average Bonchev–Trinajstić information content (AvgIpc) is 2.71. The van der Waals surface area contributed by atoms with Gasteiger partial charge in [-0.2, -0.15) is 0 Å². The molecular weight excluding hydrogens is 354 g/mol. The standard InChI is InChI=1S/C8H9N.C7H10N2.C6H14N2S/c1-2-7-3-5-8(9)6-4-7;1-9-7-4-2-6(8)3-5-7;1-4-6(8-3)5(2)9-7/h2-6H,1,9H2;2-5,9H,8H2,1H3;6,8H,2,4,7H2,1,3H3. The molecule has 0 fully saturated rings. The van der Waals surface area contributed by atoms with E-state index in [-0.39, 0.29) is 0 Å². The highest BCUT2D eigenvalue weighted by molar-refractivity contribution is 8.00. The number of benzene rings is 2. The number of rotatable bonds is 6. The van der Waals surface area contributed by atoms with Gasteiger partial charge in [0.15, 0.2) is 0 Å². The van der Waals surface area contributed by atoms with Gasteiger partial charge < -0.3 is 22.1 Å². The lowest BCUT2D eigenvalue weighted by Crippen LogP contribution is -2.25. The minimum absolute atomic E-state index is 0.361. The van der Waals surface area contributed by atoms with Crippen molar-refractivity contribution in [1.82, 2.24) is 5.32 Å². The summed E-state index contributed by atoms with van der Waals surface area (Å²) in [4.78, 5) is 1.00. The lowest BCUT2D eigenvalue weighted by atomic mass is 10.2. The van der Waals surface area contributed by atoms with Crippen LogP contribution in [0.1, 0.15) is 18.9 Å². The lowest BCUT2D eigenvalue weighted by molar-refractivity contribution is 0.641. The molecule has 2 aromatic carbocycles. The zero-order valence-corrected chi connectivity index (χ0v) is 17.4. The van der Waals surface area contributed by atoms with Crippen molar-refractivity contribution in [3.63, 3.8) is 0 Å². The Balaban J connectivity index is 0.000000376. The normalized spacial score (nSPS) is 10.4. The van der Waals surface area contributed by atoms with E-state index >= 15 is 0 Å². The number of hydrogen-bond donors (Lipinski definition) is 5. The van der Waals surface area contributed by atoms with Gasteiger partial charge in [0.25, 0.3) is 0 Å². The van der Waals surface area contributed by atoms with E-state index < -0.39 is 0 Å². The molecule has 2 rings (SSSR count). The summed E-state index contributed by atoms with van der Waals surface area (Å²) in [6.07, 6.45) is 2.83. The van der Waals surface area contributed by atoms with Gasteiger partial charge in [0.05, 0.1) is 0 Å². The first-order valence-corrected chi connectivity index (χ1v) is 9.53. The zero-order valence-electron chi connectivity index (χ0n) is 16.5. The van der Waals surface area contributed by atoms with Crippen molar-refractivity contribution in [3.05, 3.63) is 72.2 Å². The molecular formula is C21H33N5S. The molecule has 0 aliphatic rings. The van der Waals surface area contributed by atoms with Crippen molar-refractivity contribution in [2.75, 3.05) is 30.9 Å². The molecule has 0 saturated heterocycles. The van der Waals surface area contributed by atoms with Crippen molar-refractivity contribution in [2.24, 2.45) is 5.14 Å². The molecule has 2 aromatic rings. The van der Waals surface area contributed by atoms with Gasteiger partial charge in [-0.05, 0) is 55.4 Å². The van der Waals surface area contributed by atoms with Gasteiger partial charge in [-0.15, -0.1) is 0 Å². The summed E-state index contributed by atoms with van der Waals surface area (Å²) in [5, 5.41) is 11.4. The molecule has 0 aliphatic carbocycles. The van der Waals surface area contributed by atoms with Gasteiger partial charge in [0.2, 0.25) is 0 Å². The Kier molecular flexibility index (Phi) is 13.4. The maximum absolute atomic E-state index is 5.45. The Labute approximate surface area is 168 Å². The molecule has 0 aliphatic heterocycles. The fourth-order valence-electron chi connectivity index (χ4n) is 1.96. The number of anilines is 3. The Morgan fingerprint density at radius 2 is 1.52 bits per heavy atom. The van der Waals surface area contributed by atoms with Crippen molar-refractivity contribution in [2.45, 2.75) is 19.4 Å². The summed E-state index contributed by atoms with van der Waals surface area (Å²) in [6, 6.07) is 15.6. The first-order chi connectivity index (χ1) is 12.9. The Morgan fingerprint density at radius 1 is 1.04 bits per heavy atom. The SMILES string of the molecule is C=C(SN)C(CC)NC.C=Cc1ccc(N)cc1.CNc1ccc(N)cc1. The number of nitrogen functional groups attached to an aromatic ring is 2. The molecule has 1 unspecified atom stereocenters. The number of nitrogens with one attached hydrogen (secondary N) is 2. The maximum atomic E-state index is 5.45. The van der Waals surface area contributed by atoms with Gasteiger partial charge in [0.1, 0.15) is 0 Å². The van der Waals surface area contributed by atoms with Crippen LogP contribution < -0.4 is 27.2 Å². The Bertz CT molecular complexity index is 649. The van der Waals surface area contributed by atoms with E-state index in [9.17, 15) is 0 Å². The quantitative estimate of drug-likeness (QED) is 0.373. The van der Waals surface area contributed by atoms with Gasteiger partial charge in [-0.3, -0.25) is 5.14 Å². The molecule has 8 N–H and O–H groups in total. The number of likely N-dealkylation sites (N-methyl/N-ethyl adjacent to an activating group) is 1. The molecule has 148 valence electrons. The zero-order chi connectivity index (χ0) is 20.7. The first-order valence-electron chi connectivity index (χ1n) is 8.65. The van der Waals surface area contributed by atoms with Crippen LogP contribution in [-0.2, 0) is 0 Å². The highest BCUT2D eigenvalue weighted by atomic mass is 32.2. The van der Waals surface area contributed by atoms with Crippen LogP contribution in [0, 0.1) is 0 Å². The van der Waals surface area contributed by atoms with Crippen molar-refractivity contribution in [3.8, 4) is 0 Å². The molecule has 6 heteroatoms. The molecule has 27 heavy (non-hydrogen) atoms.